The van der Waals surface area contributed by atoms with Crippen molar-refractivity contribution in [3.05, 3.63) is 77.4 Å². The summed E-state index contributed by atoms with van der Waals surface area (Å²) in [6.45, 7) is 5.65. The molecule has 2 saturated heterocycles. The van der Waals surface area contributed by atoms with Gasteiger partial charge in [0.25, 0.3) is 5.91 Å². The molecule has 2 fully saturated rings. The van der Waals surface area contributed by atoms with E-state index in [1.54, 1.807) is 11.8 Å². The summed E-state index contributed by atoms with van der Waals surface area (Å²) in [7, 11) is 0. The van der Waals surface area contributed by atoms with Gasteiger partial charge in [0.05, 0.1) is 6.61 Å². The molecule has 37 heavy (non-hydrogen) atoms. The Hall–Kier alpha value is -3.91. The Labute approximate surface area is 215 Å². The molecule has 0 bridgehead atoms. The number of piperazine rings is 1. The summed E-state index contributed by atoms with van der Waals surface area (Å²) >= 11 is 0. The lowest BCUT2D eigenvalue weighted by Gasteiger charge is -2.35. The molecule has 0 aromatic heterocycles. The third-order valence-electron chi connectivity index (χ3n) is 7.78. The molecule has 3 aromatic rings. The maximum absolute atomic E-state index is 13.4. The molecule has 3 heterocycles. The third kappa shape index (κ3) is 4.31. The van der Waals surface area contributed by atoms with Crippen LogP contribution in [0.15, 0.2) is 60.7 Å². The number of imide groups is 1. The summed E-state index contributed by atoms with van der Waals surface area (Å²) in [5.74, 6) is 0.373. The highest BCUT2D eigenvalue weighted by Crippen LogP contribution is 2.31. The zero-order valence-corrected chi connectivity index (χ0v) is 20.9. The van der Waals surface area contributed by atoms with Gasteiger partial charge in [0.1, 0.15) is 17.8 Å². The highest BCUT2D eigenvalue weighted by Gasteiger charge is 2.49. The van der Waals surface area contributed by atoms with E-state index in [4.69, 9.17) is 4.74 Å². The van der Waals surface area contributed by atoms with Crippen molar-refractivity contribution in [3.63, 3.8) is 0 Å². The van der Waals surface area contributed by atoms with Gasteiger partial charge in [-0.15, -0.1) is 0 Å². The first-order valence-electron chi connectivity index (χ1n) is 12.8. The highest BCUT2D eigenvalue weighted by molar-refractivity contribution is 6.09. The number of fused-ring (bicyclic) bond motifs is 2. The third-order valence-corrected chi connectivity index (χ3v) is 7.78. The molecular weight excluding hydrogens is 468 g/mol. The van der Waals surface area contributed by atoms with Gasteiger partial charge in [0.15, 0.2) is 0 Å². The predicted molar refractivity (Wildman–Crippen MR) is 139 cm³/mol. The lowest BCUT2D eigenvalue weighted by molar-refractivity contribution is -0.139. The molecule has 4 amide bonds. The molecule has 1 N–H and O–H groups in total. The SMILES string of the molecule is C[C@]1(c2ccc3ccccc3c2)NC(=O)N(CC(=O)N2CCN(Cc3ccc4c(c3)CCO4)CC2)C1=O. The molecular formula is C29H30N4O4. The monoisotopic (exact) mass is 498 g/mol. The molecule has 0 aliphatic carbocycles. The number of benzene rings is 3. The fourth-order valence-electron chi connectivity index (χ4n) is 5.52. The number of ether oxygens (including phenoxy) is 1. The van der Waals surface area contributed by atoms with Crippen molar-refractivity contribution in [2.75, 3.05) is 39.3 Å². The first-order chi connectivity index (χ1) is 17.9. The average molecular weight is 499 g/mol. The van der Waals surface area contributed by atoms with Crippen LogP contribution in [0, 0.1) is 0 Å². The molecule has 3 aromatic carbocycles. The molecule has 6 rings (SSSR count). The van der Waals surface area contributed by atoms with E-state index in [1.807, 2.05) is 48.5 Å². The molecule has 0 spiro atoms. The minimum Gasteiger partial charge on any atom is -0.493 e. The molecule has 1 atom stereocenters. The van der Waals surface area contributed by atoms with Gasteiger partial charge in [-0.25, -0.2) is 4.79 Å². The van der Waals surface area contributed by atoms with Crippen molar-refractivity contribution >= 4 is 28.6 Å². The van der Waals surface area contributed by atoms with Crippen LogP contribution in [-0.4, -0.2) is 71.9 Å². The number of urea groups is 1. The lowest BCUT2D eigenvalue weighted by Crippen LogP contribution is -2.51. The van der Waals surface area contributed by atoms with E-state index in [0.29, 0.717) is 18.7 Å². The Morgan fingerprint density at radius 2 is 1.76 bits per heavy atom. The Kier molecular flexibility index (Phi) is 5.83. The van der Waals surface area contributed by atoms with Crippen molar-refractivity contribution in [1.29, 1.82) is 0 Å². The van der Waals surface area contributed by atoms with Gasteiger partial charge in [0, 0.05) is 39.1 Å². The van der Waals surface area contributed by atoms with E-state index in [1.165, 1.54) is 11.1 Å². The lowest BCUT2D eigenvalue weighted by atomic mass is 9.90. The maximum Gasteiger partial charge on any atom is 0.325 e. The van der Waals surface area contributed by atoms with E-state index >= 15 is 0 Å². The van der Waals surface area contributed by atoms with Gasteiger partial charge in [-0.05, 0) is 46.5 Å². The van der Waals surface area contributed by atoms with E-state index in [2.05, 4.69) is 22.3 Å². The minimum atomic E-state index is -1.21. The molecule has 3 aliphatic rings. The van der Waals surface area contributed by atoms with Crippen molar-refractivity contribution in [3.8, 4) is 5.75 Å². The summed E-state index contributed by atoms with van der Waals surface area (Å²) in [5, 5.41) is 4.87. The summed E-state index contributed by atoms with van der Waals surface area (Å²) in [5.41, 5.74) is 2.00. The highest BCUT2D eigenvalue weighted by atomic mass is 16.5. The fourth-order valence-corrected chi connectivity index (χ4v) is 5.52. The zero-order chi connectivity index (χ0) is 25.6. The van der Waals surface area contributed by atoms with Gasteiger partial charge >= 0.3 is 6.03 Å². The van der Waals surface area contributed by atoms with Gasteiger partial charge in [0.2, 0.25) is 5.91 Å². The second-order valence-corrected chi connectivity index (χ2v) is 10.2. The number of carbonyl (C=O) groups excluding carboxylic acids is 3. The number of carbonyl (C=O) groups is 3. The molecule has 190 valence electrons. The normalized spacial score (nSPS) is 21.8. The van der Waals surface area contributed by atoms with E-state index in [-0.39, 0.29) is 12.5 Å². The van der Waals surface area contributed by atoms with Gasteiger partial charge < -0.3 is 15.0 Å². The maximum atomic E-state index is 13.4. The Morgan fingerprint density at radius 1 is 0.973 bits per heavy atom. The van der Waals surface area contributed by atoms with Crippen LogP contribution in [0.25, 0.3) is 10.8 Å². The number of hydrogen-bond donors (Lipinski definition) is 1. The Bertz CT molecular complexity index is 1400. The first kappa shape index (κ1) is 23.5. The topological polar surface area (TPSA) is 82.2 Å². The molecule has 0 unspecified atom stereocenters. The first-order valence-corrected chi connectivity index (χ1v) is 12.8. The second kappa shape index (κ2) is 9.19. The fraction of sp³-hybridized carbons (Fsp3) is 0.345. The average Bonchev–Trinajstić information content (AvgIpc) is 3.47. The van der Waals surface area contributed by atoms with Crippen molar-refractivity contribution in [1.82, 2.24) is 20.0 Å². The van der Waals surface area contributed by atoms with Crippen LogP contribution in [0.5, 0.6) is 5.75 Å². The van der Waals surface area contributed by atoms with Crippen LogP contribution in [0.4, 0.5) is 4.79 Å². The van der Waals surface area contributed by atoms with E-state index in [0.717, 1.165) is 54.1 Å². The predicted octanol–water partition coefficient (Wildman–Crippen LogP) is 2.89. The number of nitrogens with one attached hydrogen (secondary N) is 1. The number of hydrogen-bond acceptors (Lipinski definition) is 5. The van der Waals surface area contributed by atoms with Crippen molar-refractivity contribution in [2.24, 2.45) is 0 Å². The van der Waals surface area contributed by atoms with Crippen LogP contribution in [0.2, 0.25) is 0 Å². The largest absolute Gasteiger partial charge is 0.493 e. The summed E-state index contributed by atoms with van der Waals surface area (Å²) < 4.78 is 5.59. The molecule has 8 heteroatoms. The number of nitrogens with zero attached hydrogens (tertiary/aromatic N) is 3. The minimum absolute atomic E-state index is 0.208. The second-order valence-electron chi connectivity index (χ2n) is 10.2. The smallest absolute Gasteiger partial charge is 0.325 e. The van der Waals surface area contributed by atoms with Crippen molar-refractivity contribution in [2.45, 2.75) is 25.4 Å². The molecule has 8 nitrogen and oxygen atoms in total. The summed E-state index contributed by atoms with van der Waals surface area (Å²) in [6.07, 6.45) is 0.953. The summed E-state index contributed by atoms with van der Waals surface area (Å²) in [4.78, 5) is 44.4. The van der Waals surface area contributed by atoms with Gasteiger partial charge in [-0.1, -0.05) is 48.5 Å². The van der Waals surface area contributed by atoms with Crippen LogP contribution < -0.4 is 10.1 Å². The molecule has 0 saturated carbocycles. The van der Waals surface area contributed by atoms with Crippen molar-refractivity contribution < 1.29 is 19.1 Å². The van der Waals surface area contributed by atoms with Crippen LogP contribution in [0.3, 0.4) is 0 Å². The zero-order valence-electron chi connectivity index (χ0n) is 20.9. The quantitative estimate of drug-likeness (QED) is 0.547. The van der Waals surface area contributed by atoms with Crippen LogP contribution in [-0.2, 0) is 28.1 Å². The Morgan fingerprint density at radius 3 is 2.57 bits per heavy atom. The Balaban J connectivity index is 1.07. The van der Waals surface area contributed by atoms with E-state index < -0.39 is 17.5 Å². The van der Waals surface area contributed by atoms with Gasteiger partial charge in [-0.3, -0.25) is 19.4 Å². The number of rotatable bonds is 5. The van der Waals surface area contributed by atoms with Crippen LogP contribution >= 0.6 is 0 Å². The standard InChI is InChI=1S/C29H30N4O4/c1-29(24-8-7-21-4-2-3-5-22(21)17-24)27(35)33(28(36)30-29)19-26(34)32-13-11-31(12-14-32)18-20-6-9-25-23(16-20)10-15-37-25/h2-9,16-17H,10-15,18-19H2,1H3,(H,30,36)/t29-/m1/s1. The van der Waals surface area contributed by atoms with Crippen LogP contribution in [0.1, 0.15) is 23.6 Å². The number of amides is 4. The summed E-state index contributed by atoms with van der Waals surface area (Å²) in [6, 6.07) is 19.4. The van der Waals surface area contributed by atoms with Gasteiger partial charge in [-0.2, -0.15) is 0 Å². The molecule has 0 radical (unpaired) electrons. The van der Waals surface area contributed by atoms with E-state index in [9.17, 15) is 14.4 Å². The molecule has 3 aliphatic heterocycles.